The molecule has 0 bridgehead atoms. The van der Waals surface area contributed by atoms with E-state index in [1.807, 2.05) is 24.3 Å². The van der Waals surface area contributed by atoms with Crippen LogP contribution < -0.4 is 14.8 Å². The zero-order valence-electron chi connectivity index (χ0n) is 12.7. The van der Waals surface area contributed by atoms with E-state index in [1.54, 1.807) is 19.2 Å². The van der Waals surface area contributed by atoms with Crippen LogP contribution in [0.2, 0.25) is 0 Å². The van der Waals surface area contributed by atoms with E-state index in [4.69, 9.17) is 9.47 Å². The number of carbonyl (C=O) groups is 1. The summed E-state index contributed by atoms with van der Waals surface area (Å²) in [5.74, 6) is 0.884. The number of amides is 2. The molecule has 1 heterocycles. The zero-order valence-corrected chi connectivity index (χ0v) is 12.7. The topological polar surface area (TPSA) is 50.8 Å². The predicted molar refractivity (Wildman–Crippen MR) is 84.4 cm³/mol. The van der Waals surface area contributed by atoms with Gasteiger partial charge in [0, 0.05) is 7.05 Å². The Labute approximate surface area is 133 Å². The van der Waals surface area contributed by atoms with E-state index in [0.717, 1.165) is 0 Å². The second-order valence-electron chi connectivity index (χ2n) is 5.29. The maximum Gasteiger partial charge on any atom is 0.321 e. The van der Waals surface area contributed by atoms with Gasteiger partial charge in [0.2, 0.25) is 0 Å². The fourth-order valence-corrected chi connectivity index (χ4v) is 2.31. The van der Waals surface area contributed by atoms with Gasteiger partial charge < -0.3 is 19.7 Å². The van der Waals surface area contributed by atoms with Gasteiger partial charge in [0.25, 0.3) is 0 Å². The monoisotopic (exact) mass is 316 g/mol. The molecule has 6 heteroatoms. The number of anilines is 1. The van der Waals surface area contributed by atoms with Crippen LogP contribution in [0.3, 0.4) is 0 Å². The maximum atomic E-state index is 13.6. The van der Waals surface area contributed by atoms with Gasteiger partial charge >= 0.3 is 6.03 Å². The molecule has 0 saturated carbocycles. The van der Waals surface area contributed by atoms with E-state index in [0.29, 0.717) is 24.7 Å². The highest BCUT2D eigenvalue weighted by Crippen LogP contribution is 2.30. The van der Waals surface area contributed by atoms with Gasteiger partial charge in [-0.2, -0.15) is 0 Å². The molecule has 23 heavy (non-hydrogen) atoms. The summed E-state index contributed by atoms with van der Waals surface area (Å²) < 4.78 is 25.0. The van der Waals surface area contributed by atoms with E-state index in [2.05, 4.69) is 5.32 Å². The molecule has 1 aliphatic heterocycles. The summed E-state index contributed by atoms with van der Waals surface area (Å²) in [6.45, 7) is 0.683. The van der Waals surface area contributed by atoms with Gasteiger partial charge in [0.1, 0.15) is 12.4 Å². The van der Waals surface area contributed by atoms with E-state index in [1.165, 1.54) is 17.0 Å². The van der Waals surface area contributed by atoms with E-state index in [9.17, 15) is 9.18 Å². The zero-order chi connectivity index (χ0) is 16.2. The number of halogens is 1. The lowest BCUT2D eigenvalue weighted by atomic mass is 10.2. The number of rotatable bonds is 3. The molecule has 0 spiro atoms. The summed E-state index contributed by atoms with van der Waals surface area (Å²) in [5.41, 5.74) is 0.149. The molecule has 0 aromatic heterocycles. The Hall–Kier alpha value is -2.76. The van der Waals surface area contributed by atoms with Crippen molar-refractivity contribution in [1.29, 1.82) is 0 Å². The lowest BCUT2D eigenvalue weighted by molar-refractivity contribution is 0.0731. The van der Waals surface area contributed by atoms with E-state index < -0.39 is 11.8 Å². The van der Waals surface area contributed by atoms with Crippen molar-refractivity contribution in [3.8, 4) is 11.5 Å². The largest absolute Gasteiger partial charge is 0.486 e. The van der Waals surface area contributed by atoms with Crippen molar-refractivity contribution in [1.82, 2.24) is 4.90 Å². The number of likely N-dealkylation sites (N-methyl/N-ethyl adjacent to an activating group) is 1. The minimum Gasteiger partial charge on any atom is -0.486 e. The Morgan fingerprint density at radius 3 is 2.70 bits per heavy atom. The molecule has 2 amide bonds. The fourth-order valence-electron chi connectivity index (χ4n) is 2.31. The summed E-state index contributed by atoms with van der Waals surface area (Å²) >= 11 is 0. The third-order valence-electron chi connectivity index (χ3n) is 3.51. The van der Waals surface area contributed by atoms with Gasteiger partial charge in [0.05, 0.1) is 12.2 Å². The second kappa shape index (κ2) is 6.56. The van der Waals surface area contributed by atoms with Crippen molar-refractivity contribution >= 4 is 11.7 Å². The molecule has 2 aromatic rings. The van der Waals surface area contributed by atoms with Gasteiger partial charge in [0.15, 0.2) is 17.6 Å². The van der Waals surface area contributed by atoms with Gasteiger partial charge in [-0.3, -0.25) is 0 Å². The van der Waals surface area contributed by atoms with Gasteiger partial charge in [-0.15, -0.1) is 0 Å². The first kappa shape index (κ1) is 15.1. The van der Waals surface area contributed by atoms with Crippen molar-refractivity contribution in [3.05, 3.63) is 54.3 Å². The molecule has 0 aliphatic carbocycles. The summed E-state index contributed by atoms with van der Waals surface area (Å²) in [4.78, 5) is 13.6. The number of carbonyl (C=O) groups excluding carboxylic acids is 1. The van der Waals surface area contributed by atoms with Crippen molar-refractivity contribution < 1.29 is 18.7 Å². The summed E-state index contributed by atoms with van der Waals surface area (Å²) in [6.07, 6.45) is -0.277. The summed E-state index contributed by atoms with van der Waals surface area (Å²) in [6, 6.07) is 13.0. The molecular weight excluding hydrogens is 299 g/mol. The quantitative estimate of drug-likeness (QED) is 0.946. The third kappa shape index (κ3) is 3.53. The van der Waals surface area contributed by atoms with Crippen LogP contribution in [0.15, 0.2) is 48.5 Å². The Morgan fingerprint density at radius 2 is 1.91 bits per heavy atom. The van der Waals surface area contributed by atoms with E-state index in [-0.39, 0.29) is 11.8 Å². The second-order valence-corrected chi connectivity index (χ2v) is 5.29. The average molecular weight is 316 g/mol. The highest BCUT2D eigenvalue weighted by molar-refractivity contribution is 5.89. The molecule has 1 aliphatic rings. The first-order chi connectivity index (χ1) is 11.1. The number of benzene rings is 2. The molecule has 0 saturated heterocycles. The lowest BCUT2D eigenvalue weighted by Gasteiger charge is -2.29. The Morgan fingerprint density at radius 1 is 1.22 bits per heavy atom. The minimum absolute atomic E-state index is 0.149. The van der Waals surface area contributed by atoms with Crippen LogP contribution in [-0.4, -0.2) is 37.2 Å². The van der Waals surface area contributed by atoms with Crippen LogP contribution in [0.25, 0.3) is 0 Å². The number of hydrogen-bond donors (Lipinski definition) is 1. The molecule has 0 radical (unpaired) electrons. The molecule has 5 nitrogen and oxygen atoms in total. The number of fused-ring (bicyclic) bond motifs is 1. The highest BCUT2D eigenvalue weighted by Gasteiger charge is 2.23. The summed E-state index contributed by atoms with van der Waals surface area (Å²) in [7, 11) is 1.63. The molecule has 0 fully saturated rings. The SMILES string of the molecule is CN(CC1COc2ccccc2O1)C(=O)Nc1ccccc1F. The smallest absolute Gasteiger partial charge is 0.321 e. The third-order valence-corrected chi connectivity index (χ3v) is 3.51. The first-order valence-corrected chi connectivity index (χ1v) is 7.28. The molecule has 3 rings (SSSR count). The van der Waals surface area contributed by atoms with Gasteiger partial charge in [-0.1, -0.05) is 24.3 Å². The molecule has 1 atom stereocenters. The fraction of sp³-hybridized carbons (Fsp3) is 0.235. The van der Waals surface area contributed by atoms with Crippen LogP contribution in [0.5, 0.6) is 11.5 Å². The molecule has 1 unspecified atom stereocenters. The first-order valence-electron chi connectivity index (χ1n) is 7.28. The minimum atomic E-state index is -0.472. The number of para-hydroxylation sites is 3. The molecule has 1 N–H and O–H groups in total. The summed E-state index contributed by atoms with van der Waals surface area (Å²) in [5, 5.41) is 2.53. The Kier molecular flexibility index (Phi) is 4.32. The van der Waals surface area contributed by atoms with Gasteiger partial charge in [-0.05, 0) is 24.3 Å². The molecular formula is C17H17FN2O3. The van der Waals surface area contributed by atoms with Crippen molar-refractivity contribution in [2.75, 3.05) is 25.5 Å². The van der Waals surface area contributed by atoms with Crippen LogP contribution in [0, 0.1) is 5.82 Å². The number of hydrogen-bond acceptors (Lipinski definition) is 3. The Bertz CT molecular complexity index is 708. The van der Waals surface area contributed by atoms with Crippen molar-refractivity contribution in [2.45, 2.75) is 6.10 Å². The Balaban J connectivity index is 1.58. The maximum absolute atomic E-state index is 13.6. The van der Waals surface area contributed by atoms with Crippen molar-refractivity contribution in [2.24, 2.45) is 0 Å². The van der Waals surface area contributed by atoms with E-state index >= 15 is 0 Å². The number of nitrogens with zero attached hydrogens (tertiary/aromatic N) is 1. The lowest BCUT2D eigenvalue weighted by Crippen LogP contribution is -2.43. The van der Waals surface area contributed by atoms with Crippen LogP contribution in [0.1, 0.15) is 0 Å². The standard InChI is InChI=1S/C17H17FN2O3/c1-20(17(21)19-14-7-3-2-6-13(14)18)10-12-11-22-15-8-4-5-9-16(15)23-12/h2-9,12H,10-11H2,1H3,(H,19,21). The highest BCUT2D eigenvalue weighted by atomic mass is 19.1. The van der Waals surface area contributed by atoms with Crippen molar-refractivity contribution in [3.63, 3.8) is 0 Å². The van der Waals surface area contributed by atoms with Crippen LogP contribution in [-0.2, 0) is 0 Å². The van der Waals surface area contributed by atoms with Gasteiger partial charge in [-0.25, -0.2) is 9.18 Å². The normalized spacial score (nSPS) is 15.8. The van der Waals surface area contributed by atoms with Crippen LogP contribution in [0.4, 0.5) is 14.9 Å². The average Bonchev–Trinajstić information content (AvgIpc) is 2.56. The molecule has 2 aromatic carbocycles. The van der Waals surface area contributed by atoms with Crippen LogP contribution >= 0.6 is 0 Å². The number of nitrogens with one attached hydrogen (secondary N) is 1. The molecule has 120 valence electrons. The number of ether oxygens (including phenoxy) is 2. The predicted octanol–water partition coefficient (Wildman–Crippen LogP) is 3.13. The number of urea groups is 1.